The first kappa shape index (κ1) is 13.9. The minimum atomic E-state index is -0.956. The standard InChI is InChI=1S/C15H14ClNO4/c16-10-3-4-13(11(8-10)12-5-6-20-17-12)21-14(15(18)19)7-9-1-2-9/h3-6,8-9,14H,1-2,7H2,(H,18,19). The Morgan fingerprint density at radius 2 is 2.29 bits per heavy atom. The minimum Gasteiger partial charge on any atom is -0.479 e. The lowest BCUT2D eigenvalue weighted by Crippen LogP contribution is -2.27. The second-order valence-electron chi connectivity index (χ2n) is 5.15. The molecule has 2 aromatic rings. The van der Waals surface area contributed by atoms with Crippen LogP contribution in [0.4, 0.5) is 0 Å². The summed E-state index contributed by atoms with van der Waals surface area (Å²) in [6.45, 7) is 0. The molecule has 6 heteroatoms. The molecule has 1 aliphatic carbocycles. The van der Waals surface area contributed by atoms with Gasteiger partial charge in [-0.25, -0.2) is 4.79 Å². The molecule has 3 rings (SSSR count). The Hall–Kier alpha value is -2.01. The molecule has 1 unspecified atom stereocenters. The van der Waals surface area contributed by atoms with Crippen LogP contribution in [0.25, 0.3) is 11.3 Å². The summed E-state index contributed by atoms with van der Waals surface area (Å²) in [6.07, 6.45) is 3.26. The largest absolute Gasteiger partial charge is 0.479 e. The molecule has 1 saturated carbocycles. The first-order chi connectivity index (χ1) is 10.1. The summed E-state index contributed by atoms with van der Waals surface area (Å²) >= 11 is 6.00. The zero-order valence-electron chi connectivity index (χ0n) is 11.2. The van der Waals surface area contributed by atoms with Crippen molar-refractivity contribution in [1.82, 2.24) is 5.16 Å². The third kappa shape index (κ3) is 3.36. The van der Waals surface area contributed by atoms with E-state index < -0.39 is 12.1 Å². The molecule has 0 bridgehead atoms. The second kappa shape index (κ2) is 5.77. The molecule has 110 valence electrons. The van der Waals surface area contributed by atoms with Crippen molar-refractivity contribution in [2.75, 3.05) is 0 Å². The number of halogens is 1. The van der Waals surface area contributed by atoms with E-state index in [1.54, 1.807) is 24.3 Å². The topological polar surface area (TPSA) is 72.6 Å². The highest BCUT2D eigenvalue weighted by Crippen LogP contribution is 2.37. The van der Waals surface area contributed by atoms with E-state index in [-0.39, 0.29) is 0 Å². The first-order valence-electron chi connectivity index (χ1n) is 6.73. The van der Waals surface area contributed by atoms with Gasteiger partial charge in [-0.2, -0.15) is 0 Å². The second-order valence-corrected chi connectivity index (χ2v) is 5.59. The number of aromatic nitrogens is 1. The number of hydrogen-bond acceptors (Lipinski definition) is 4. The lowest BCUT2D eigenvalue weighted by Gasteiger charge is -2.17. The van der Waals surface area contributed by atoms with Gasteiger partial charge in [0.25, 0.3) is 0 Å². The van der Waals surface area contributed by atoms with Gasteiger partial charge in [0.2, 0.25) is 0 Å². The maximum Gasteiger partial charge on any atom is 0.344 e. The van der Waals surface area contributed by atoms with E-state index in [1.807, 2.05) is 0 Å². The molecule has 1 heterocycles. The van der Waals surface area contributed by atoms with Crippen molar-refractivity contribution in [1.29, 1.82) is 0 Å². The first-order valence-corrected chi connectivity index (χ1v) is 7.11. The van der Waals surface area contributed by atoms with E-state index in [0.29, 0.717) is 34.4 Å². The van der Waals surface area contributed by atoms with Gasteiger partial charge in [0.05, 0.1) is 0 Å². The van der Waals surface area contributed by atoms with Gasteiger partial charge in [0, 0.05) is 16.7 Å². The van der Waals surface area contributed by atoms with E-state index in [2.05, 4.69) is 5.16 Å². The number of rotatable bonds is 6. The highest BCUT2D eigenvalue weighted by Gasteiger charge is 2.31. The van der Waals surface area contributed by atoms with Crippen LogP contribution in [0.5, 0.6) is 5.75 Å². The Bertz CT molecular complexity index is 637. The Labute approximate surface area is 126 Å². The summed E-state index contributed by atoms with van der Waals surface area (Å²) in [7, 11) is 0. The average molecular weight is 308 g/mol. The lowest BCUT2D eigenvalue weighted by atomic mass is 10.1. The molecule has 1 aromatic heterocycles. The summed E-state index contributed by atoms with van der Waals surface area (Å²) in [5.74, 6) is -0.0572. The van der Waals surface area contributed by atoms with Crippen LogP contribution >= 0.6 is 11.6 Å². The molecule has 1 fully saturated rings. The number of ether oxygens (including phenoxy) is 1. The van der Waals surface area contributed by atoms with Crippen LogP contribution in [0, 0.1) is 5.92 Å². The summed E-state index contributed by atoms with van der Waals surface area (Å²) < 4.78 is 10.5. The van der Waals surface area contributed by atoms with Crippen LogP contribution in [0.15, 0.2) is 35.1 Å². The minimum absolute atomic E-state index is 0.446. The van der Waals surface area contributed by atoms with Crippen molar-refractivity contribution in [2.24, 2.45) is 5.92 Å². The van der Waals surface area contributed by atoms with Gasteiger partial charge in [0.15, 0.2) is 6.10 Å². The molecule has 0 spiro atoms. The third-order valence-corrected chi connectivity index (χ3v) is 3.68. The molecule has 0 aliphatic heterocycles. The van der Waals surface area contributed by atoms with E-state index in [4.69, 9.17) is 20.9 Å². The molecule has 5 nitrogen and oxygen atoms in total. The zero-order chi connectivity index (χ0) is 14.8. The predicted molar refractivity (Wildman–Crippen MR) is 76.3 cm³/mol. The predicted octanol–water partition coefficient (Wildman–Crippen LogP) is 3.63. The van der Waals surface area contributed by atoms with Crippen molar-refractivity contribution in [3.63, 3.8) is 0 Å². The number of benzene rings is 1. The number of carbonyl (C=O) groups is 1. The van der Waals surface area contributed by atoms with Gasteiger partial charge in [-0.3, -0.25) is 0 Å². The van der Waals surface area contributed by atoms with Crippen LogP contribution in [0.2, 0.25) is 5.02 Å². The van der Waals surface area contributed by atoms with Crippen molar-refractivity contribution in [2.45, 2.75) is 25.4 Å². The van der Waals surface area contributed by atoms with Crippen LogP contribution in [0.3, 0.4) is 0 Å². The van der Waals surface area contributed by atoms with E-state index in [9.17, 15) is 9.90 Å². The highest BCUT2D eigenvalue weighted by molar-refractivity contribution is 6.30. The summed E-state index contributed by atoms with van der Waals surface area (Å²) in [4.78, 5) is 11.3. The van der Waals surface area contributed by atoms with Gasteiger partial charge in [-0.1, -0.05) is 29.6 Å². The van der Waals surface area contributed by atoms with Crippen LogP contribution in [-0.4, -0.2) is 22.3 Å². The molecular formula is C15H14ClNO4. The monoisotopic (exact) mass is 307 g/mol. The fourth-order valence-corrected chi connectivity index (χ4v) is 2.34. The van der Waals surface area contributed by atoms with Gasteiger partial charge in [-0.15, -0.1) is 0 Å². The maximum absolute atomic E-state index is 11.3. The zero-order valence-corrected chi connectivity index (χ0v) is 11.9. The molecule has 1 aliphatic rings. The number of carboxylic acid groups (broad SMARTS) is 1. The van der Waals surface area contributed by atoms with Gasteiger partial charge < -0.3 is 14.4 Å². The lowest BCUT2D eigenvalue weighted by molar-refractivity contribution is -0.145. The van der Waals surface area contributed by atoms with E-state index >= 15 is 0 Å². The maximum atomic E-state index is 11.3. The normalized spacial score (nSPS) is 15.7. The van der Waals surface area contributed by atoms with Gasteiger partial charge in [0.1, 0.15) is 17.7 Å². The quantitative estimate of drug-likeness (QED) is 0.882. The van der Waals surface area contributed by atoms with Crippen molar-refractivity contribution in [3.8, 4) is 17.0 Å². The van der Waals surface area contributed by atoms with Gasteiger partial charge in [-0.05, 0) is 30.5 Å². The Morgan fingerprint density at radius 1 is 1.48 bits per heavy atom. The Kier molecular flexibility index (Phi) is 3.84. The van der Waals surface area contributed by atoms with Crippen molar-refractivity contribution < 1.29 is 19.2 Å². The molecule has 1 atom stereocenters. The Balaban J connectivity index is 1.88. The average Bonchev–Trinajstić information content (AvgIpc) is 3.10. The van der Waals surface area contributed by atoms with Crippen molar-refractivity contribution >= 4 is 17.6 Å². The number of nitrogens with zero attached hydrogens (tertiary/aromatic N) is 1. The van der Waals surface area contributed by atoms with Gasteiger partial charge >= 0.3 is 5.97 Å². The highest BCUT2D eigenvalue weighted by atomic mass is 35.5. The molecule has 0 saturated heterocycles. The summed E-state index contributed by atoms with van der Waals surface area (Å²) in [5.41, 5.74) is 1.18. The molecule has 0 radical (unpaired) electrons. The number of carboxylic acids is 1. The molecule has 21 heavy (non-hydrogen) atoms. The third-order valence-electron chi connectivity index (χ3n) is 3.44. The Morgan fingerprint density at radius 3 is 2.90 bits per heavy atom. The SMILES string of the molecule is O=C(O)C(CC1CC1)Oc1ccc(Cl)cc1-c1ccon1. The number of hydrogen-bond donors (Lipinski definition) is 1. The van der Waals surface area contributed by atoms with Crippen LogP contribution < -0.4 is 4.74 Å². The summed E-state index contributed by atoms with van der Waals surface area (Å²) in [5, 5.41) is 13.7. The van der Waals surface area contributed by atoms with E-state index in [1.165, 1.54) is 6.26 Å². The smallest absolute Gasteiger partial charge is 0.344 e. The molecular weight excluding hydrogens is 294 g/mol. The molecule has 1 N–H and O–H groups in total. The van der Waals surface area contributed by atoms with Crippen LogP contribution in [-0.2, 0) is 4.79 Å². The number of aliphatic carboxylic acids is 1. The fraction of sp³-hybridized carbons (Fsp3) is 0.333. The van der Waals surface area contributed by atoms with Crippen molar-refractivity contribution in [3.05, 3.63) is 35.6 Å². The fourth-order valence-electron chi connectivity index (χ4n) is 2.17. The molecule has 1 aromatic carbocycles. The molecule has 0 amide bonds. The van der Waals surface area contributed by atoms with E-state index in [0.717, 1.165) is 12.8 Å². The summed E-state index contributed by atoms with van der Waals surface area (Å²) in [6, 6.07) is 6.69. The van der Waals surface area contributed by atoms with Crippen LogP contribution in [0.1, 0.15) is 19.3 Å².